The highest BCUT2D eigenvalue weighted by atomic mass is 16.3. The van der Waals surface area contributed by atoms with Crippen LogP contribution in [0.3, 0.4) is 0 Å². The maximum atomic E-state index is 12.2. The summed E-state index contributed by atoms with van der Waals surface area (Å²) in [5.41, 5.74) is 1.21. The van der Waals surface area contributed by atoms with E-state index in [-0.39, 0.29) is 17.5 Å². The fourth-order valence-electron chi connectivity index (χ4n) is 2.86. The van der Waals surface area contributed by atoms with Crippen LogP contribution in [0.5, 0.6) is 0 Å². The second kappa shape index (κ2) is 3.72. The van der Waals surface area contributed by atoms with Gasteiger partial charge < -0.3 is 10.0 Å². The molecule has 0 bridgehead atoms. The lowest BCUT2D eigenvalue weighted by atomic mass is 9.88. The minimum Gasteiger partial charge on any atom is -0.371 e. The van der Waals surface area contributed by atoms with Crippen molar-refractivity contribution < 1.29 is 9.90 Å². The topological polar surface area (TPSA) is 61.6 Å². The number of anilines is 1. The van der Waals surface area contributed by atoms with Crippen LogP contribution in [0.2, 0.25) is 0 Å². The third kappa shape index (κ3) is 1.59. The summed E-state index contributed by atoms with van der Waals surface area (Å²) in [6.45, 7) is 7.05. The summed E-state index contributed by atoms with van der Waals surface area (Å²) in [6, 6.07) is 1.51. The summed E-state index contributed by atoms with van der Waals surface area (Å²) in [6.07, 6.45) is 0.221. The van der Waals surface area contributed by atoms with Gasteiger partial charge in [0.2, 0.25) is 0 Å². The molecule has 3 rings (SSSR count). The van der Waals surface area contributed by atoms with E-state index in [1.807, 2.05) is 17.7 Å². The first-order chi connectivity index (χ1) is 8.83. The Morgan fingerprint density at radius 1 is 1.47 bits per heavy atom. The summed E-state index contributed by atoms with van der Waals surface area (Å²) in [5, 5.41) is 14.7. The van der Waals surface area contributed by atoms with Crippen LogP contribution in [-0.2, 0) is 12.0 Å². The molecule has 0 saturated carbocycles. The van der Waals surface area contributed by atoms with Crippen molar-refractivity contribution in [1.82, 2.24) is 14.7 Å². The normalized spacial score (nSPS) is 29.2. The van der Waals surface area contributed by atoms with E-state index in [9.17, 15) is 9.90 Å². The number of fused-ring (bicyclic) bond motifs is 1. The molecule has 1 fully saturated rings. The smallest absolute Gasteiger partial charge is 0.328 e. The van der Waals surface area contributed by atoms with Crippen LogP contribution in [-0.4, -0.2) is 45.1 Å². The number of aliphatic hydroxyl groups excluding tert-OH is 1. The third-order valence-electron chi connectivity index (χ3n) is 4.47. The van der Waals surface area contributed by atoms with Crippen LogP contribution >= 0.6 is 0 Å². The van der Waals surface area contributed by atoms with E-state index in [0.29, 0.717) is 5.82 Å². The largest absolute Gasteiger partial charge is 0.371 e. The van der Waals surface area contributed by atoms with Gasteiger partial charge in [0, 0.05) is 30.8 Å². The van der Waals surface area contributed by atoms with E-state index in [4.69, 9.17) is 0 Å². The van der Waals surface area contributed by atoms with Crippen molar-refractivity contribution in [2.24, 2.45) is 0 Å². The highest BCUT2D eigenvalue weighted by molar-refractivity contribution is 5.94. The highest BCUT2D eigenvalue weighted by Crippen LogP contribution is 2.37. The van der Waals surface area contributed by atoms with Crippen molar-refractivity contribution in [1.29, 1.82) is 0 Å². The quantitative estimate of drug-likeness (QED) is 0.827. The van der Waals surface area contributed by atoms with Gasteiger partial charge in [-0.3, -0.25) is 4.68 Å². The fourth-order valence-corrected chi connectivity index (χ4v) is 2.86. The zero-order valence-electron chi connectivity index (χ0n) is 11.8. The number of aliphatic hydroxyl groups is 1. The lowest BCUT2D eigenvalue weighted by Gasteiger charge is -2.18. The second-order valence-corrected chi connectivity index (χ2v) is 6.16. The van der Waals surface area contributed by atoms with E-state index < -0.39 is 6.23 Å². The number of carbonyl (C=O) groups is 1. The van der Waals surface area contributed by atoms with Gasteiger partial charge in [-0.25, -0.2) is 9.69 Å². The number of nitrogens with zero attached hydrogens (tertiary/aromatic N) is 4. The molecule has 0 spiro atoms. The molecule has 1 aromatic rings. The summed E-state index contributed by atoms with van der Waals surface area (Å²) in [4.78, 5) is 15.1. The SMILES string of the molecule is CC1C(O)N(c2cc3n(n2)CCC3(C)C)C(=O)N1C. The predicted octanol–water partition coefficient (Wildman–Crippen LogP) is 1.14. The minimum atomic E-state index is -0.837. The number of likely N-dealkylation sites (N-methyl/N-ethyl adjacent to an activating group) is 1. The van der Waals surface area contributed by atoms with Gasteiger partial charge in [0.15, 0.2) is 12.0 Å². The molecular weight excluding hydrogens is 244 g/mol. The molecule has 1 N–H and O–H groups in total. The molecule has 3 heterocycles. The van der Waals surface area contributed by atoms with E-state index in [1.165, 1.54) is 4.90 Å². The Bertz CT molecular complexity index is 537. The monoisotopic (exact) mass is 264 g/mol. The van der Waals surface area contributed by atoms with Crippen LogP contribution in [0.4, 0.5) is 10.6 Å². The van der Waals surface area contributed by atoms with Crippen molar-refractivity contribution in [3.05, 3.63) is 11.8 Å². The second-order valence-electron chi connectivity index (χ2n) is 6.16. The number of hydrogen-bond donors (Lipinski definition) is 1. The molecule has 1 saturated heterocycles. The zero-order valence-corrected chi connectivity index (χ0v) is 11.8. The Labute approximate surface area is 112 Å². The number of aromatic nitrogens is 2. The molecule has 2 atom stereocenters. The number of aryl methyl sites for hydroxylation is 1. The summed E-state index contributed by atoms with van der Waals surface area (Å²) >= 11 is 0. The van der Waals surface area contributed by atoms with Gasteiger partial charge in [0.05, 0.1) is 6.04 Å². The molecule has 6 nitrogen and oxygen atoms in total. The number of hydrogen-bond acceptors (Lipinski definition) is 3. The Balaban J connectivity index is 1.99. The van der Waals surface area contributed by atoms with Gasteiger partial charge in [0.25, 0.3) is 0 Å². The molecule has 1 aromatic heterocycles. The molecule has 19 heavy (non-hydrogen) atoms. The number of rotatable bonds is 1. The maximum Gasteiger partial charge on any atom is 0.328 e. The van der Waals surface area contributed by atoms with E-state index >= 15 is 0 Å². The van der Waals surface area contributed by atoms with E-state index in [0.717, 1.165) is 18.7 Å². The third-order valence-corrected chi connectivity index (χ3v) is 4.47. The molecule has 2 amide bonds. The number of amides is 2. The lowest BCUT2D eigenvalue weighted by Crippen LogP contribution is -2.35. The van der Waals surface area contributed by atoms with Crippen molar-refractivity contribution >= 4 is 11.8 Å². The van der Waals surface area contributed by atoms with Crippen molar-refractivity contribution in [2.75, 3.05) is 11.9 Å². The zero-order chi connectivity index (χ0) is 13.9. The van der Waals surface area contributed by atoms with Crippen LogP contribution < -0.4 is 4.90 Å². The van der Waals surface area contributed by atoms with Gasteiger partial charge in [0.1, 0.15) is 0 Å². The predicted molar refractivity (Wildman–Crippen MR) is 71.0 cm³/mol. The van der Waals surface area contributed by atoms with Crippen molar-refractivity contribution in [2.45, 2.75) is 51.4 Å². The maximum absolute atomic E-state index is 12.2. The molecular formula is C13H20N4O2. The Morgan fingerprint density at radius 2 is 2.16 bits per heavy atom. The molecule has 0 aliphatic carbocycles. The molecule has 0 aromatic carbocycles. The van der Waals surface area contributed by atoms with E-state index in [2.05, 4.69) is 18.9 Å². The fraction of sp³-hybridized carbons (Fsp3) is 0.692. The van der Waals surface area contributed by atoms with E-state index in [1.54, 1.807) is 11.9 Å². The van der Waals surface area contributed by atoms with Gasteiger partial charge >= 0.3 is 6.03 Å². The Morgan fingerprint density at radius 3 is 2.68 bits per heavy atom. The van der Waals surface area contributed by atoms with Crippen LogP contribution in [0, 0.1) is 0 Å². The lowest BCUT2D eigenvalue weighted by molar-refractivity contribution is 0.138. The van der Waals surface area contributed by atoms with Crippen LogP contribution in [0.25, 0.3) is 0 Å². The van der Waals surface area contributed by atoms with Gasteiger partial charge in [-0.2, -0.15) is 5.10 Å². The summed E-state index contributed by atoms with van der Waals surface area (Å²) in [5.74, 6) is 0.552. The van der Waals surface area contributed by atoms with Gasteiger partial charge in [-0.1, -0.05) is 13.8 Å². The molecule has 0 radical (unpaired) electrons. The molecule has 2 unspecified atom stereocenters. The molecule has 2 aliphatic rings. The molecule has 6 heteroatoms. The number of urea groups is 1. The highest BCUT2D eigenvalue weighted by Gasteiger charge is 2.43. The minimum absolute atomic E-state index is 0.0799. The summed E-state index contributed by atoms with van der Waals surface area (Å²) in [7, 11) is 1.70. The van der Waals surface area contributed by atoms with Crippen LogP contribution in [0.1, 0.15) is 32.9 Å². The number of carbonyl (C=O) groups excluding carboxylic acids is 1. The Kier molecular flexibility index (Phi) is 2.44. The average molecular weight is 264 g/mol. The summed E-state index contributed by atoms with van der Waals surface area (Å²) < 4.78 is 1.94. The first-order valence-corrected chi connectivity index (χ1v) is 6.65. The van der Waals surface area contributed by atoms with Crippen LogP contribution in [0.15, 0.2) is 6.07 Å². The standard InChI is InChI=1S/C13H20N4O2/c1-8-11(18)17(12(19)15(8)4)10-7-9-13(2,3)5-6-16(9)14-10/h7-8,11,18H,5-6H2,1-4H3. The average Bonchev–Trinajstić information content (AvgIpc) is 2.93. The van der Waals surface area contributed by atoms with Gasteiger partial charge in [-0.15, -0.1) is 0 Å². The molecule has 104 valence electrons. The van der Waals surface area contributed by atoms with Crippen molar-refractivity contribution in [3.8, 4) is 0 Å². The van der Waals surface area contributed by atoms with Crippen molar-refractivity contribution in [3.63, 3.8) is 0 Å². The first kappa shape index (κ1) is 12.5. The Hall–Kier alpha value is -1.56. The molecule has 2 aliphatic heterocycles. The van der Waals surface area contributed by atoms with Gasteiger partial charge in [-0.05, 0) is 13.3 Å². The first-order valence-electron chi connectivity index (χ1n) is 6.65.